The van der Waals surface area contributed by atoms with Gasteiger partial charge in [-0.15, -0.1) is 0 Å². The van der Waals surface area contributed by atoms with E-state index in [1.807, 2.05) is 13.8 Å². The largest absolute Gasteiger partial charge is 0.378 e. The maximum Gasteiger partial charge on any atom is 0.220 e. The molecule has 0 saturated heterocycles. The van der Waals surface area contributed by atoms with Gasteiger partial charge in [-0.3, -0.25) is 14.4 Å². The second kappa shape index (κ2) is 11.5. The summed E-state index contributed by atoms with van der Waals surface area (Å²) in [5.74, 6) is 0.791. The van der Waals surface area contributed by atoms with Gasteiger partial charge in [-0.1, -0.05) is 13.8 Å². The maximum absolute atomic E-state index is 12.2. The van der Waals surface area contributed by atoms with Crippen LogP contribution in [-0.4, -0.2) is 42.4 Å². The minimum absolute atomic E-state index is 0.0374. The first kappa shape index (κ1) is 22.9. The molecule has 2 fully saturated rings. The smallest absolute Gasteiger partial charge is 0.220 e. The molecule has 0 unspecified atom stereocenters. The SMILES string of the molecule is CC(=O)N[C@H]1CC[C@H](OCCCC(=O)N[C@H]2CC[C@@H](C(=O)C(C)C)CC2)CC1. The molecule has 2 aliphatic carbocycles. The van der Waals surface area contributed by atoms with Crippen molar-refractivity contribution in [3.63, 3.8) is 0 Å². The average molecular weight is 395 g/mol. The number of hydrogen-bond acceptors (Lipinski definition) is 4. The van der Waals surface area contributed by atoms with E-state index in [-0.39, 0.29) is 41.8 Å². The highest BCUT2D eigenvalue weighted by Gasteiger charge is 2.28. The number of ketones is 1. The van der Waals surface area contributed by atoms with Gasteiger partial charge in [0, 0.05) is 43.9 Å². The van der Waals surface area contributed by atoms with Gasteiger partial charge in [-0.25, -0.2) is 0 Å². The second-order valence-corrected chi connectivity index (χ2v) is 8.82. The summed E-state index contributed by atoms with van der Waals surface area (Å²) in [7, 11) is 0. The van der Waals surface area contributed by atoms with E-state index in [9.17, 15) is 14.4 Å². The number of carbonyl (C=O) groups is 3. The van der Waals surface area contributed by atoms with E-state index in [2.05, 4.69) is 10.6 Å². The van der Waals surface area contributed by atoms with Crippen molar-refractivity contribution in [1.29, 1.82) is 0 Å². The van der Waals surface area contributed by atoms with E-state index in [0.29, 0.717) is 18.8 Å². The summed E-state index contributed by atoms with van der Waals surface area (Å²) in [4.78, 5) is 35.3. The third kappa shape index (κ3) is 7.90. The van der Waals surface area contributed by atoms with Crippen LogP contribution in [0, 0.1) is 11.8 Å². The summed E-state index contributed by atoms with van der Waals surface area (Å²) < 4.78 is 5.91. The first-order valence-electron chi connectivity index (χ1n) is 11.1. The molecule has 28 heavy (non-hydrogen) atoms. The first-order chi connectivity index (χ1) is 13.3. The van der Waals surface area contributed by atoms with E-state index in [1.54, 1.807) is 6.92 Å². The van der Waals surface area contributed by atoms with Crippen LogP contribution < -0.4 is 10.6 Å². The molecule has 2 amide bonds. The summed E-state index contributed by atoms with van der Waals surface area (Å²) in [5.41, 5.74) is 0. The molecule has 2 N–H and O–H groups in total. The van der Waals surface area contributed by atoms with Crippen LogP contribution in [0.15, 0.2) is 0 Å². The normalized spacial score (nSPS) is 28.0. The molecular formula is C22H38N2O4. The van der Waals surface area contributed by atoms with Crippen LogP contribution in [0.3, 0.4) is 0 Å². The molecule has 0 aromatic heterocycles. The third-order valence-electron chi connectivity index (χ3n) is 6.05. The van der Waals surface area contributed by atoms with Crippen LogP contribution in [0.25, 0.3) is 0 Å². The van der Waals surface area contributed by atoms with Crippen molar-refractivity contribution in [3.8, 4) is 0 Å². The van der Waals surface area contributed by atoms with Gasteiger partial charge >= 0.3 is 0 Å². The van der Waals surface area contributed by atoms with Crippen molar-refractivity contribution in [3.05, 3.63) is 0 Å². The highest BCUT2D eigenvalue weighted by Crippen LogP contribution is 2.27. The molecule has 2 saturated carbocycles. The molecule has 0 aliphatic heterocycles. The highest BCUT2D eigenvalue weighted by atomic mass is 16.5. The van der Waals surface area contributed by atoms with E-state index >= 15 is 0 Å². The lowest BCUT2D eigenvalue weighted by Gasteiger charge is -2.29. The summed E-state index contributed by atoms with van der Waals surface area (Å²) >= 11 is 0. The summed E-state index contributed by atoms with van der Waals surface area (Å²) in [6, 6.07) is 0.503. The lowest BCUT2D eigenvalue weighted by Crippen LogP contribution is -2.39. The molecule has 0 spiro atoms. The zero-order chi connectivity index (χ0) is 20.5. The molecular weight excluding hydrogens is 356 g/mol. The number of hydrogen-bond donors (Lipinski definition) is 2. The molecule has 0 heterocycles. The molecule has 6 heteroatoms. The molecule has 0 aromatic rings. The van der Waals surface area contributed by atoms with Crippen molar-refractivity contribution in [2.24, 2.45) is 11.8 Å². The molecule has 160 valence electrons. The Labute approximate surface area is 169 Å². The molecule has 2 rings (SSSR count). The highest BCUT2D eigenvalue weighted by molar-refractivity contribution is 5.83. The monoisotopic (exact) mass is 394 g/mol. The van der Waals surface area contributed by atoms with Gasteiger partial charge in [0.25, 0.3) is 0 Å². The van der Waals surface area contributed by atoms with Gasteiger partial charge in [0.2, 0.25) is 11.8 Å². The Kier molecular flexibility index (Phi) is 9.42. The Hall–Kier alpha value is -1.43. The maximum atomic E-state index is 12.2. The second-order valence-electron chi connectivity index (χ2n) is 8.82. The number of nitrogens with one attached hydrogen (secondary N) is 2. The van der Waals surface area contributed by atoms with E-state index in [0.717, 1.165) is 57.8 Å². The zero-order valence-corrected chi connectivity index (χ0v) is 17.8. The molecule has 0 bridgehead atoms. The average Bonchev–Trinajstić information content (AvgIpc) is 2.66. The molecule has 0 radical (unpaired) electrons. The van der Waals surface area contributed by atoms with Gasteiger partial charge in [0.1, 0.15) is 5.78 Å². The van der Waals surface area contributed by atoms with Crippen molar-refractivity contribution < 1.29 is 19.1 Å². The van der Waals surface area contributed by atoms with E-state index in [1.165, 1.54) is 0 Å². The lowest BCUT2D eigenvalue weighted by molar-refractivity contribution is -0.127. The first-order valence-corrected chi connectivity index (χ1v) is 11.1. The Bertz CT molecular complexity index is 519. The quantitative estimate of drug-likeness (QED) is 0.589. The summed E-state index contributed by atoms with van der Waals surface area (Å²) in [6.07, 6.45) is 8.95. The topological polar surface area (TPSA) is 84.5 Å². The summed E-state index contributed by atoms with van der Waals surface area (Å²) in [5, 5.41) is 6.10. The Balaban J connectivity index is 1.52. The Morgan fingerprint density at radius 2 is 1.46 bits per heavy atom. The predicted octanol–water partition coefficient (Wildman–Crippen LogP) is 3.13. The van der Waals surface area contributed by atoms with Gasteiger partial charge in [-0.2, -0.15) is 0 Å². The fourth-order valence-corrected chi connectivity index (χ4v) is 4.44. The van der Waals surface area contributed by atoms with Crippen molar-refractivity contribution in [2.45, 2.75) is 103 Å². The minimum atomic E-state index is 0.0374. The molecule has 6 nitrogen and oxygen atoms in total. The molecule has 0 aromatic carbocycles. The van der Waals surface area contributed by atoms with Gasteiger partial charge in [-0.05, 0) is 57.8 Å². The van der Waals surface area contributed by atoms with Crippen molar-refractivity contribution in [1.82, 2.24) is 10.6 Å². The Morgan fingerprint density at radius 1 is 0.893 bits per heavy atom. The number of carbonyl (C=O) groups excluding carboxylic acids is 3. The third-order valence-corrected chi connectivity index (χ3v) is 6.05. The van der Waals surface area contributed by atoms with E-state index < -0.39 is 0 Å². The van der Waals surface area contributed by atoms with Gasteiger partial charge in [0.15, 0.2) is 0 Å². The fourth-order valence-electron chi connectivity index (χ4n) is 4.44. The Morgan fingerprint density at radius 3 is 2.04 bits per heavy atom. The molecule has 0 atom stereocenters. The van der Waals surface area contributed by atoms with E-state index in [4.69, 9.17) is 4.74 Å². The zero-order valence-electron chi connectivity index (χ0n) is 17.8. The van der Waals surface area contributed by atoms with Crippen molar-refractivity contribution in [2.75, 3.05) is 6.61 Å². The summed E-state index contributed by atoms with van der Waals surface area (Å²) in [6.45, 7) is 6.10. The van der Waals surface area contributed by atoms with Crippen LogP contribution in [0.4, 0.5) is 0 Å². The van der Waals surface area contributed by atoms with Crippen molar-refractivity contribution >= 4 is 17.6 Å². The standard InChI is InChI=1S/C22H38N2O4/c1-15(2)22(27)17-6-8-19(9-7-17)24-21(26)5-4-14-28-20-12-10-18(11-13-20)23-16(3)25/h15,17-20H,4-14H2,1-3H3,(H,23,25)(H,24,26)/t17-,18-,19+,20-. The number of amides is 2. The number of ether oxygens (including phenoxy) is 1. The molecule has 2 aliphatic rings. The fraction of sp³-hybridized carbons (Fsp3) is 0.864. The van der Waals surface area contributed by atoms with Crippen LogP contribution >= 0.6 is 0 Å². The minimum Gasteiger partial charge on any atom is -0.378 e. The van der Waals surface area contributed by atoms with Gasteiger partial charge in [0.05, 0.1) is 6.10 Å². The predicted molar refractivity (Wildman–Crippen MR) is 109 cm³/mol. The van der Waals surface area contributed by atoms with Crippen LogP contribution in [-0.2, 0) is 19.1 Å². The number of Topliss-reactive ketones (excluding diaryl/α,β-unsaturated/α-hetero) is 1. The van der Waals surface area contributed by atoms with Gasteiger partial charge < -0.3 is 15.4 Å². The van der Waals surface area contributed by atoms with Crippen LogP contribution in [0.2, 0.25) is 0 Å². The van der Waals surface area contributed by atoms with Crippen LogP contribution in [0.1, 0.15) is 85.0 Å². The lowest BCUT2D eigenvalue weighted by atomic mass is 9.80. The van der Waals surface area contributed by atoms with Crippen LogP contribution in [0.5, 0.6) is 0 Å². The number of rotatable bonds is 9.